The van der Waals surface area contributed by atoms with Crippen molar-refractivity contribution in [2.75, 3.05) is 5.32 Å². The third-order valence-corrected chi connectivity index (χ3v) is 6.66. The number of thiazole rings is 2. The molecule has 0 spiro atoms. The Balaban J connectivity index is 1.52. The summed E-state index contributed by atoms with van der Waals surface area (Å²) in [5.41, 5.74) is 3.11. The van der Waals surface area contributed by atoms with Gasteiger partial charge in [0.05, 0.1) is 15.8 Å². The van der Waals surface area contributed by atoms with Crippen LogP contribution in [0.15, 0.2) is 23.2 Å². The van der Waals surface area contributed by atoms with Crippen molar-refractivity contribution >= 4 is 38.7 Å². The van der Waals surface area contributed by atoms with E-state index in [0.29, 0.717) is 12.0 Å². The van der Waals surface area contributed by atoms with Crippen molar-refractivity contribution in [1.29, 1.82) is 0 Å². The van der Waals surface area contributed by atoms with Gasteiger partial charge in [-0.3, -0.25) is 0 Å². The van der Waals surface area contributed by atoms with Gasteiger partial charge < -0.3 is 10.4 Å². The van der Waals surface area contributed by atoms with Crippen molar-refractivity contribution in [1.82, 2.24) is 15.0 Å². The van der Waals surface area contributed by atoms with Crippen LogP contribution in [0.4, 0.5) is 5.82 Å². The Morgan fingerprint density at radius 2 is 2.00 bits per heavy atom. The lowest BCUT2D eigenvalue weighted by atomic mass is 9.77. The Labute approximate surface area is 155 Å². The molecule has 0 amide bonds. The Morgan fingerprint density at radius 3 is 2.68 bits per heavy atom. The fourth-order valence-electron chi connectivity index (χ4n) is 3.53. The number of hydrogen-bond donors (Lipinski definition) is 2. The predicted octanol–water partition coefficient (Wildman–Crippen LogP) is 4.56. The zero-order chi connectivity index (χ0) is 17.4. The molecule has 5 nitrogen and oxygen atoms in total. The van der Waals surface area contributed by atoms with E-state index in [1.807, 2.05) is 37.0 Å². The maximum Gasteiger partial charge on any atom is 0.153 e. The lowest BCUT2D eigenvalue weighted by molar-refractivity contribution is -0.000398. The molecule has 0 unspecified atom stereocenters. The van der Waals surface area contributed by atoms with Crippen LogP contribution < -0.4 is 5.32 Å². The van der Waals surface area contributed by atoms with Gasteiger partial charge in [0, 0.05) is 17.6 Å². The second-order valence-corrected chi connectivity index (χ2v) is 8.99. The van der Waals surface area contributed by atoms with Crippen LogP contribution in [0.5, 0.6) is 0 Å². The van der Waals surface area contributed by atoms with Crippen molar-refractivity contribution < 1.29 is 5.11 Å². The van der Waals surface area contributed by atoms with Crippen LogP contribution >= 0.6 is 22.7 Å². The molecule has 0 aliphatic heterocycles. The Kier molecular flexibility index (Phi) is 4.47. The molecule has 0 bridgehead atoms. The average molecular weight is 375 g/mol. The lowest BCUT2D eigenvalue weighted by Gasteiger charge is -2.36. The minimum atomic E-state index is -0.583. The van der Waals surface area contributed by atoms with Gasteiger partial charge in [-0.2, -0.15) is 0 Å². The van der Waals surface area contributed by atoms with Gasteiger partial charge in [0.2, 0.25) is 0 Å². The molecule has 1 aliphatic rings. The monoisotopic (exact) mass is 374 g/mol. The zero-order valence-corrected chi connectivity index (χ0v) is 16.0. The summed E-state index contributed by atoms with van der Waals surface area (Å²) in [5, 5.41) is 16.8. The smallest absolute Gasteiger partial charge is 0.153 e. The van der Waals surface area contributed by atoms with E-state index in [1.54, 1.807) is 22.7 Å². The summed E-state index contributed by atoms with van der Waals surface area (Å²) in [6.45, 7) is 3.84. The molecule has 0 aromatic carbocycles. The highest BCUT2D eigenvalue weighted by Gasteiger charge is 2.31. The Morgan fingerprint density at radius 1 is 1.20 bits per heavy atom. The summed E-state index contributed by atoms with van der Waals surface area (Å²) in [6, 6.07) is 2.40. The molecule has 7 heteroatoms. The molecular weight excluding hydrogens is 352 g/mol. The fraction of sp³-hybridized carbons (Fsp3) is 0.500. The third kappa shape index (κ3) is 3.54. The molecule has 0 radical (unpaired) electrons. The Hall–Kier alpha value is -1.57. The van der Waals surface area contributed by atoms with E-state index in [4.69, 9.17) is 4.98 Å². The molecule has 25 heavy (non-hydrogen) atoms. The molecule has 2 N–H and O–H groups in total. The number of nitrogens with zero attached hydrogens (tertiary/aromatic N) is 3. The molecule has 132 valence electrons. The Bertz CT molecular complexity index is 846. The van der Waals surface area contributed by atoms with Gasteiger partial charge in [-0.05, 0) is 51.5 Å². The van der Waals surface area contributed by atoms with Crippen molar-refractivity contribution in [2.45, 2.75) is 51.2 Å². The maximum absolute atomic E-state index is 10.2. The summed E-state index contributed by atoms with van der Waals surface area (Å²) >= 11 is 3.24. The summed E-state index contributed by atoms with van der Waals surface area (Å²) < 4.78 is 1.13. The van der Waals surface area contributed by atoms with Crippen LogP contribution in [0.1, 0.15) is 39.5 Å². The first kappa shape index (κ1) is 16.9. The second kappa shape index (κ2) is 6.63. The van der Waals surface area contributed by atoms with Crippen LogP contribution in [-0.4, -0.2) is 31.7 Å². The topological polar surface area (TPSA) is 70.9 Å². The van der Waals surface area contributed by atoms with E-state index in [9.17, 15) is 5.11 Å². The summed E-state index contributed by atoms with van der Waals surface area (Å²) in [4.78, 5) is 13.7. The van der Waals surface area contributed by atoms with Crippen LogP contribution in [0.2, 0.25) is 0 Å². The quantitative estimate of drug-likeness (QED) is 0.701. The highest BCUT2D eigenvalue weighted by atomic mass is 32.1. The minimum Gasteiger partial charge on any atom is -0.390 e. The molecule has 1 aliphatic carbocycles. The summed E-state index contributed by atoms with van der Waals surface area (Å²) in [7, 11) is 0. The van der Waals surface area contributed by atoms with E-state index in [-0.39, 0.29) is 0 Å². The molecule has 3 aromatic heterocycles. The summed E-state index contributed by atoms with van der Waals surface area (Å²) in [5.74, 6) is 1.24. The first-order chi connectivity index (χ1) is 12.0. The van der Waals surface area contributed by atoms with E-state index in [2.05, 4.69) is 15.3 Å². The van der Waals surface area contributed by atoms with Gasteiger partial charge >= 0.3 is 0 Å². The number of hydrogen-bond acceptors (Lipinski definition) is 7. The van der Waals surface area contributed by atoms with Crippen molar-refractivity contribution in [3.8, 4) is 10.7 Å². The van der Waals surface area contributed by atoms with Crippen LogP contribution in [0.3, 0.4) is 0 Å². The van der Waals surface area contributed by atoms with Gasteiger partial charge in [-0.1, -0.05) is 0 Å². The molecule has 0 atom stereocenters. The van der Waals surface area contributed by atoms with Gasteiger partial charge in [0.25, 0.3) is 0 Å². The predicted molar refractivity (Wildman–Crippen MR) is 104 cm³/mol. The number of rotatable bonds is 4. The second-order valence-electron chi connectivity index (χ2n) is 7.25. The number of pyridine rings is 1. The number of aromatic nitrogens is 3. The molecule has 3 aromatic rings. The SMILES string of the molecule is CC(C)(O)C1CCC(Nc2nccc3sc(-c4cscn4)nc23)CC1. The van der Waals surface area contributed by atoms with Crippen molar-refractivity contribution in [2.24, 2.45) is 5.92 Å². The molecule has 1 fully saturated rings. The third-order valence-electron chi connectivity index (χ3n) is 5.03. The first-order valence-corrected chi connectivity index (χ1v) is 10.4. The largest absolute Gasteiger partial charge is 0.390 e. The van der Waals surface area contributed by atoms with Crippen molar-refractivity contribution in [3.63, 3.8) is 0 Å². The number of nitrogens with one attached hydrogen (secondary N) is 1. The standard InChI is InChI=1S/C18H22N4OS2/c1-18(2,23)11-3-5-12(6-4-11)21-16-15-14(7-8-19-16)25-17(22-15)13-9-24-10-20-13/h7-12,23H,3-6H2,1-2H3,(H,19,21). The van der Waals surface area contributed by atoms with Gasteiger partial charge in [0.15, 0.2) is 5.82 Å². The van der Waals surface area contributed by atoms with Crippen LogP contribution in [-0.2, 0) is 0 Å². The molecule has 0 saturated heterocycles. The van der Waals surface area contributed by atoms with Crippen molar-refractivity contribution in [3.05, 3.63) is 23.2 Å². The molecule has 1 saturated carbocycles. The van der Waals surface area contributed by atoms with Gasteiger partial charge in [-0.15, -0.1) is 22.7 Å². The highest BCUT2D eigenvalue weighted by Crippen LogP contribution is 2.36. The molecule has 3 heterocycles. The van der Waals surface area contributed by atoms with E-state index in [1.165, 1.54) is 0 Å². The average Bonchev–Trinajstić information content (AvgIpc) is 3.24. The number of aliphatic hydroxyl groups is 1. The minimum absolute atomic E-state index is 0.379. The van der Waals surface area contributed by atoms with E-state index in [0.717, 1.165) is 52.4 Å². The van der Waals surface area contributed by atoms with Gasteiger partial charge in [-0.25, -0.2) is 15.0 Å². The summed E-state index contributed by atoms with van der Waals surface area (Å²) in [6.07, 6.45) is 6.03. The lowest BCUT2D eigenvalue weighted by Crippen LogP contribution is -2.37. The fourth-order valence-corrected chi connectivity index (χ4v) is 5.07. The van der Waals surface area contributed by atoms with E-state index < -0.39 is 5.60 Å². The highest BCUT2D eigenvalue weighted by molar-refractivity contribution is 7.22. The first-order valence-electron chi connectivity index (χ1n) is 8.64. The zero-order valence-electron chi connectivity index (χ0n) is 14.4. The molecule has 4 rings (SSSR count). The molecular formula is C18H22N4OS2. The van der Waals surface area contributed by atoms with E-state index >= 15 is 0 Å². The van der Waals surface area contributed by atoms with Gasteiger partial charge in [0.1, 0.15) is 16.2 Å². The van der Waals surface area contributed by atoms with Crippen LogP contribution in [0, 0.1) is 5.92 Å². The normalized spacial score (nSPS) is 21.6. The number of anilines is 1. The number of fused-ring (bicyclic) bond motifs is 1. The maximum atomic E-state index is 10.2. The van der Waals surface area contributed by atoms with Crippen LogP contribution in [0.25, 0.3) is 20.9 Å².